The number of nitrogens with two attached hydrogens (primary N) is 1. The molecule has 68 heteroatoms. The number of carbonyl (C=O) groups is 7. The van der Waals surface area contributed by atoms with Crippen molar-refractivity contribution in [2.45, 2.75) is 155 Å². The van der Waals surface area contributed by atoms with Gasteiger partial charge in [-0.2, -0.15) is 92.2 Å². The van der Waals surface area contributed by atoms with Gasteiger partial charge in [0.25, 0.3) is 0 Å². The number of halogens is 25. The Morgan fingerprint density at radius 2 is 0.520 bits per heavy atom. The van der Waals surface area contributed by atoms with E-state index in [-0.39, 0.29) is 49.1 Å². The van der Waals surface area contributed by atoms with Gasteiger partial charge in [-0.1, -0.05) is 106 Å². The monoisotopic (exact) mass is 2340 g/mol. The molecule has 148 heavy (non-hydrogen) atoms. The van der Waals surface area contributed by atoms with Gasteiger partial charge in [0, 0.05) is 5.69 Å². The van der Waals surface area contributed by atoms with E-state index in [0.29, 0.717) is 50.1 Å². The van der Waals surface area contributed by atoms with Gasteiger partial charge in [0.2, 0.25) is 42.7 Å². The number of esters is 7. The van der Waals surface area contributed by atoms with E-state index in [2.05, 4.69) is 33.2 Å². The zero-order chi connectivity index (χ0) is 116. The van der Waals surface area contributed by atoms with Gasteiger partial charge in [0.1, 0.15) is 11.6 Å². The number of hydrogen-bond donors (Lipinski definition) is 1. The number of ether oxygens (including phenoxy) is 7. The predicted octanol–water partition coefficient (Wildman–Crippen LogP) is 13.5. The van der Waals surface area contributed by atoms with Crippen LogP contribution in [0.15, 0.2) is 121 Å². The number of alkyl halides is 21. The molecule has 0 bridgehead atoms. The third-order valence-electron chi connectivity index (χ3n) is 17.1. The van der Waals surface area contributed by atoms with E-state index in [0.717, 1.165) is 24.3 Å². The van der Waals surface area contributed by atoms with Gasteiger partial charge in [-0.3, -0.25) is 0 Å². The molecule has 36 nitrogen and oxygen atoms in total. The number of carbonyl (C=O) groups excluding carboxylic acids is 7. The maximum atomic E-state index is 13.4. The van der Waals surface area contributed by atoms with E-state index in [9.17, 15) is 225 Å². The summed E-state index contributed by atoms with van der Waals surface area (Å²) in [5.41, 5.74) is 7.50. The molecule has 0 saturated carbocycles. The lowest BCUT2D eigenvalue weighted by molar-refractivity contribution is -0.197. The zero-order valence-corrected chi connectivity index (χ0v) is 82.9. The summed E-state index contributed by atoms with van der Waals surface area (Å²) in [5.74, 6) is -26.1. The number of rotatable bonds is 28. The van der Waals surface area contributed by atoms with Crippen LogP contribution in [0.4, 0.5) is 107 Å². The number of hydrogen-bond acceptors (Lipinski definition) is 36. The van der Waals surface area contributed by atoms with Crippen LogP contribution >= 0.6 is 23.2 Å². The smallest absolute Gasteiger partial charge is 0.426 e. The lowest BCUT2D eigenvalue weighted by atomic mass is 10.0. The molecule has 0 radical (unpaired) electrons. The van der Waals surface area contributed by atoms with Crippen LogP contribution in [0.5, 0.6) is 0 Å². The van der Waals surface area contributed by atoms with E-state index in [1.54, 1.807) is 66.7 Å². The fraction of sp³-hybridized carbons (Fsp3) is 0.388. The van der Waals surface area contributed by atoms with Gasteiger partial charge >= 0.3 is 85.0 Å². The largest absolute Gasteiger partial charge is 0.748 e. The average molecular weight is 2340 g/mol. The van der Waals surface area contributed by atoms with Gasteiger partial charge in [-0.05, 0) is 164 Å². The topological polar surface area (TPSA) is 611 Å². The van der Waals surface area contributed by atoms with E-state index in [1.165, 1.54) is 99.6 Å². The molecule has 0 amide bonds. The molecule has 7 unspecified atom stereocenters. The Morgan fingerprint density at radius 1 is 0.264 bits per heavy atom. The first-order chi connectivity index (χ1) is 66.2. The quantitative estimate of drug-likeness (QED) is 0.0156. The summed E-state index contributed by atoms with van der Waals surface area (Å²) in [6.45, 7) is 15.4. The number of nitrogen functional groups attached to an aromatic ring is 1. The molecule has 0 saturated heterocycles. The van der Waals surface area contributed by atoms with Crippen molar-refractivity contribution in [2.75, 3.05) is 46.0 Å². The van der Waals surface area contributed by atoms with Crippen molar-refractivity contribution in [3.8, 4) is 0 Å². The average Bonchev–Trinajstić information content (AvgIpc) is 0.823. The van der Waals surface area contributed by atoms with Gasteiger partial charge in [0.05, 0.1) is 160 Å². The van der Waals surface area contributed by atoms with Crippen molar-refractivity contribution in [3.63, 3.8) is 0 Å². The molecule has 7 aromatic carbocycles. The molecule has 2 N–H and O–H groups in total. The summed E-state index contributed by atoms with van der Waals surface area (Å²) in [6.07, 6.45) is -57.9. The van der Waals surface area contributed by atoms with Crippen molar-refractivity contribution in [3.05, 3.63) is 238 Å². The van der Waals surface area contributed by atoms with Crippen LogP contribution in [0.3, 0.4) is 0 Å². The second kappa shape index (κ2) is 53.6. The van der Waals surface area contributed by atoms with E-state index < -0.39 is 262 Å². The molecule has 0 spiro atoms. The Bertz CT molecular complexity index is 6460. The standard InChI is InChI=1S/C12H14F3NO5S.2C12H13F3O5S.2C11H10ClF3O5S.2C11H10F4O5S/c1-6-3-7(2)10(16)8(4-6)11(17)21-9(12(13,14)15)5-22(18,19)20;1-7-3-8(2)5-9(4-7)11(16)20-10(12(13,14)15)6-21(17,18)19;1-7-3-4-8(2)9(5-7)11(16)20-10(12(13,14)15)6-21(17,18)19;1-6-2-3-8(12)7(4-6)10(16)20-9(11(13,14)15)5-21(17,18)19;1-6-2-3-7(8(12)4-6)10(16)20-9(11(13,14)15)5-21(17,18)19;1-6-2-3-8(12)7(4-6)10(16)20-9(11(13,14)15)5-21(17,18)19;1-6-3-2-4-7(12)9(6)10(16)20-8(11(13,14)15)5-21(17,18)19/h3-4,9H,5,16H2,1-2H3,(H,18,19,20);2*3-5,10H,6H2,1-2H3,(H,17,18,19);3*2-4,9H,5H2,1H3,(H,17,18,19);2-4,8H,5H2,1H3,(H,17,18,19)/p-7. The Kier molecular flexibility index (Phi) is 48.9. The first kappa shape index (κ1) is 135. The molecule has 832 valence electrons. The summed E-state index contributed by atoms with van der Waals surface area (Å²) in [5, 5.41) is -0.303. The summed E-state index contributed by atoms with van der Waals surface area (Å²) in [6, 6.07) is 25.8. The Hall–Kier alpha value is -11.0. The molecule has 7 aromatic rings. The van der Waals surface area contributed by atoms with Crippen molar-refractivity contribution in [2.24, 2.45) is 0 Å². The van der Waals surface area contributed by atoms with Crippen LogP contribution in [0, 0.1) is 80.9 Å². The minimum Gasteiger partial charge on any atom is -0.748 e. The van der Waals surface area contributed by atoms with Crippen molar-refractivity contribution in [1.82, 2.24) is 0 Å². The number of aryl methyl sites for hydroxylation is 10. The molecule has 0 aliphatic carbocycles. The second-order valence-corrected chi connectivity index (χ2v) is 41.2. The molecule has 0 aliphatic rings. The highest BCUT2D eigenvalue weighted by Gasteiger charge is 2.51. The minimum absolute atomic E-state index is 0.00547. The van der Waals surface area contributed by atoms with Gasteiger partial charge in [0.15, 0.2) is 0 Å². The maximum absolute atomic E-state index is 13.4. The van der Waals surface area contributed by atoms with Crippen molar-refractivity contribution >= 4 is 142 Å². The third-order valence-corrected chi connectivity index (χ3v) is 22.7. The third kappa shape index (κ3) is 51.9. The van der Waals surface area contributed by atoms with Crippen LogP contribution < -0.4 is 5.73 Å². The fourth-order valence-corrected chi connectivity index (χ4v) is 15.4. The molecular weight excluding hydrogens is 2270 g/mol. The molecule has 7 atom stereocenters. The van der Waals surface area contributed by atoms with Crippen LogP contribution in [0.25, 0.3) is 0 Å². The van der Waals surface area contributed by atoms with Gasteiger partial charge < -0.3 is 70.8 Å². The Morgan fingerprint density at radius 3 is 0.845 bits per heavy atom. The van der Waals surface area contributed by atoms with Gasteiger partial charge in [-0.15, -0.1) is 0 Å². The molecule has 0 aromatic heterocycles. The maximum Gasteiger partial charge on any atom is 0.426 e. The lowest BCUT2D eigenvalue weighted by Crippen LogP contribution is -2.39. The van der Waals surface area contributed by atoms with E-state index >= 15 is 0 Å². The Labute approximate surface area is 834 Å². The van der Waals surface area contributed by atoms with Crippen LogP contribution in [-0.4, -0.2) is 259 Å². The van der Waals surface area contributed by atoms with Crippen LogP contribution in [0.1, 0.15) is 128 Å². The number of anilines is 1. The summed E-state index contributed by atoms with van der Waals surface area (Å²) >= 11 is 11.4. The molecular formula is C80H73Cl2F23NO35S7-7. The molecule has 7 rings (SSSR count). The zero-order valence-electron chi connectivity index (χ0n) is 75.7. The Balaban J connectivity index is 0.000000863. The van der Waals surface area contributed by atoms with Crippen LogP contribution in [0.2, 0.25) is 10.0 Å². The van der Waals surface area contributed by atoms with Gasteiger partial charge in [-0.25, -0.2) is 101 Å². The molecule has 0 fully saturated rings. The second-order valence-electron chi connectivity index (χ2n) is 30.2. The van der Waals surface area contributed by atoms with Crippen molar-refractivity contribution < 1.29 is 258 Å². The van der Waals surface area contributed by atoms with E-state index in [4.69, 9.17) is 28.9 Å². The first-order valence-electron chi connectivity index (χ1n) is 38.8. The fourth-order valence-electron chi connectivity index (χ4n) is 10.5. The highest BCUT2D eigenvalue weighted by molar-refractivity contribution is 7.87. The summed E-state index contributed by atoms with van der Waals surface area (Å²) in [7, 11) is -36.7. The predicted molar refractivity (Wildman–Crippen MR) is 456 cm³/mol. The summed E-state index contributed by atoms with van der Waals surface area (Å²) in [4.78, 5) is 81.6. The van der Waals surface area contributed by atoms with Crippen molar-refractivity contribution in [1.29, 1.82) is 0 Å². The molecule has 0 heterocycles. The normalized spacial score (nSPS) is 13.8. The summed E-state index contributed by atoms with van der Waals surface area (Å²) < 4.78 is 539. The van der Waals surface area contributed by atoms with E-state index in [1.807, 2.05) is 0 Å². The SMILES string of the molecule is Cc1cc(C)c(N)c(C(=O)OC(CS(=O)(=O)[O-])C(F)(F)F)c1.Cc1cc(C)cc(C(=O)OC(CS(=O)(=O)[O-])C(F)(F)F)c1.Cc1ccc(C(=O)OC(CS(=O)(=O)[O-])C(F)(F)F)c(Cl)c1.Cc1ccc(C)c(C(=O)OC(CS(=O)(=O)[O-])C(F)(F)F)c1.Cc1ccc(Cl)c(C(=O)OC(CS(=O)(=O)[O-])C(F)(F)F)c1.Cc1ccc(F)c(C(=O)OC(CS(=O)(=O)[O-])C(F)(F)F)c1.Cc1cccc(F)c1C(=O)OC(CS(=O)(=O)[O-])C(F)(F)F. The highest BCUT2D eigenvalue weighted by atomic mass is 35.5. The number of benzene rings is 7. The first-order valence-corrected chi connectivity index (χ1v) is 50.6. The lowest BCUT2D eigenvalue weighted by Gasteiger charge is -2.22. The molecule has 0 aliphatic heterocycles. The highest BCUT2D eigenvalue weighted by Crippen LogP contribution is 2.35. The minimum atomic E-state index is -5.30. The van der Waals surface area contributed by atoms with Crippen LogP contribution in [-0.2, 0) is 104 Å².